The molecule has 21 heavy (non-hydrogen) atoms. The molecule has 1 aliphatic carbocycles. The molecule has 112 valence electrons. The molecule has 5 nitrogen and oxygen atoms in total. The predicted octanol–water partition coefficient (Wildman–Crippen LogP) is 2.42. The highest BCUT2D eigenvalue weighted by molar-refractivity contribution is 14.1. The average molecular weight is 399 g/mol. The Morgan fingerprint density at radius 3 is 2.90 bits per heavy atom. The molecule has 0 radical (unpaired) electrons. The van der Waals surface area contributed by atoms with Crippen LogP contribution < -0.4 is 5.32 Å². The highest BCUT2D eigenvalue weighted by Crippen LogP contribution is 2.46. The lowest BCUT2D eigenvalue weighted by Gasteiger charge is -2.59. The van der Waals surface area contributed by atoms with Gasteiger partial charge >= 0.3 is 11.8 Å². The van der Waals surface area contributed by atoms with E-state index < -0.39 is 11.8 Å². The first kappa shape index (κ1) is 14.7. The standard InChI is InChI=1S/C15H18IN3O2/c1-15-7-3-2-4-10(15)9-19(15)14(21)13(20)18-12-6-5-11(16)8-17-12/h5-6,8,10H,2-4,7,9H2,1H3,(H,17,18,20)/t10-,15-/m0/s1. The van der Waals surface area contributed by atoms with Crippen molar-refractivity contribution in [1.29, 1.82) is 0 Å². The van der Waals surface area contributed by atoms with Crippen LogP contribution in [0.15, 0.2) is 18.3 Å². The predicted molar refractivity (Wildman–Crippen MR) is 87.7 cm³/mol. The first-order valence-corrected chi connectivity index (χ1v) is 8.33. The molecule has 2 atom stereocenters. The molecule has 3 rings (SSSR count). The summed E-state index contributed by atoms with van der Waals surface area (Å²) in [4.78, 5) is 30.3. The maximum atomic E-state index is 12.3. The van der Waals surface area contributed by atoms with Gasteiger partial charge in [-0.2, -0.15) is 0 Å². The molecule has 1 aromatic rings. The number of hydrogen-bond donors (Lipinski definition) is 1. The monoisotopic (exact) mass is 399 g/mol. The molecule has 0 aromatic carbocycles. The van der Waals surface area contributed by atoms with Gasteiger partial charge in [0.05, 0.1) is 0 Å². The van der Waals surface area contributed by atoms with Gasteiger partial charge in [0.2, 0.25) is 0 Å². The van der Waals surface area contributed by atoms with Crippen LogP contribution in [0.2, 0.25) is 0 Å². The number of aromatic nitrogens is 1. The number of likely N-dealkylation sites (tertiary alicyclic amines) is 1. The van der Waals surface area contributed by atoms with Crippen LogP contribution in [0.4, 0.5) is 5.82 Å². The van der Waals surface area contributed by atoms with Crippen molar-refractivity contribution in [3.8, 4) is 0 Å². The first-order chi connectivity index (χ1) is 10.0. The van der Waals surface area contributed by atoms with Gasteiger partial charge < -0.3 is 10.2 Å². The average Bonchev–Trinajstić information content (AvgIpc) is 2.46. The van der Waals surface area contributed by atoms with E-state index in [1.165, 1.54) is 12.8 Å². The summed E-state index contributed by atoms with van der Waals surface area (Å²) in [5.41, 5.74) is -0.119. The first-order valence-electron chi connectivity index (χ1n) is 7.25. The number of halogens is 1. The highest BCUT2D eigenvalue weighted by Gasteiger charge is 2.53. The van der Waals surface area contributed by atoms with E-state index in [0.717, 1.165) is 16.4 Å². The van der Waals surface area contributed by atoms with E-state index in [1.54, 1.807) is 17.2 Å². The van der Waals surface area contributed by atoms with Gasteiger partial charge in [0.25, 0.3) is 0 Å². The lowest BCUT2D eigenvalue weighted by Crippen LogP contribution is -2.69. The zero-order valence-electron chi connectivity index (χ0n) is 11.9. The summed E-state index contributed by atoms with van der Waals surface area (Å²) in [6, 6.07) is 3.55. The number of fused-ring (bicyclic) bond motifs is 1. The molecule has 2 amide bonds. The highest BCUT2D eigenvalue weighted by atomic mass is 127. The molecule has 0 unspecified atom stereocenters. The van der Waals surface area contributed by atoms with Crippen LogP contribution in [0, 0.1) is 9.49 Å². The number of rotatable bonds is 1. The smallest absolute Gasteiger partial charge is 0.315 e. The van der Waals surface area contributed by atoms with Gasteiger partial charge in [0.1, 0.15) is 5.82 Å². The molecule has 0 spiro atoms. The van der Waals surface area contributed by atoms with Gasteiger partial charge in [0.15, 0.2) is 0 Å². The van der Waals surface area contributed by atoms with Crippen LogP contribution in [0.25, 0.3) is 0 Å². The second-order valence-corrected chi connectivity index (χ2v) is 7.28. The molecule has 2 fully saturated rings. The zero-order chi connectivity index (χ0) is 15.0. The van der Waals surface area contributed by atoms with Gasteiger partial charge in [-0.3, -0.25) is 9.59 Å². The van der Waals surface area contributed by atoms with Crippen molar-refractivity contribution in [3.05, 3.63) is 21.9 Å². The number of hydrogen-bond acceptors (Lipinski definition) is 3. The third kappa shape index (κ3) is 2.65. The maximum absolute atomic E-state index is 12.3. The van der Waals surface area contributed by atoms with Gasteiger partial charge in [-0.25, -0.2) is 4.98 Å². The van der Waals surface area contributed by atoms with E-state index in [-0.39, 0.29) is 5.54 Å². The van der Waals surface area contributed by atoms with Crippen molar-refractivity contribution < 1.29 is 9.59 Å². The van der Waals surface area contributed by atoms with Crippen LogP contribution in [-0.4, -0.2) is 33.8 Å². The summed E-state index contributed by atoms with van der Waals surface area (Å²) in [7, 11) is 0. The van der Waals surface area contributed by atoms with Gasteiger partial charge in [0, 0.05) is 21.9 Å². The summed E-state index contributed by atoms with van der Waals surface area (Å²) in [6.07, 6.45) is 6.19. The minimum Gasteiger partial charge on any atom is -0.328 e. The molecule has 0 bridgehead atoms. The number of anilines is 1. The fourth-order valence-corrected chi connectivity index (χ4v) is 3.72. The summed E-state index contributed by atoms with van der Waals surface area (Å²) < 4.78 is 0.984. The minimum atomic E-state index is -0.589. The number of carbonyl (C=O) groups is 2. The Morgan fingerprint density at radius 2 is 2.24 bits per heavy atom. The molecule has 1 saturated carbocycles. The number of pyridine rings is 1. The Balaban J connectivity index is 1.65. The SMILES string of the molecule is C[C@]12CCCC[C@H]1CN2C(=O)C(=O)Nc1ccc(I)cn1. The summed E-state index contributed by atoms with van der Waals surface area (Å²) in [5.74, 6) is -0.0518. The Morgan fingerprint density at radius 1 is 1.43 bits per heavy atom. The van der Waals surface area contributed by atoms with Gasteiger partial charge in [-0.15, -0.1) is 0 Å². The Kier molecular flexibility index (Phi) is 3.90. The number of amides is 2. The van der Waals surface area contributed by atoms with E-state index in [1.807, 2.05) is 6.07 Å². The maximum Gasteiger partial charge on any atom is 0.315 e. The molecule has 1 aromatic heterocycles. The van der Waals surface area contributed by atoms with Crippen LogP contribution in [0.3, 0.4) is 0 Å². The second kappa shape index (κ2) is 5.55. The van der Waals surface area contributed by atoms with Crippen LogP contribution in [0.5, 0.6) is 0 Å². The fourth-order valence-electron chi connectivity index (χ4n) is 3.41. The fraction of sp³-hybridized carbons (Fsp3) is 0.533. The van der Waals surface area contributed by atoms with Crippen molar-refractivity contribution >= 4 is 40.2 Å². The minimum absolute atomic E-state index is 0.119. The van der Waals surface area contributed by atoms with Gasteiger partial charge in [-0.05, 0) is 60.4 Å². The molecule has 2 heterocycles. The number of nitrogens with one attached hydrogen (secondary N) is 1. The van der Waals surface area contributed by atoms with Crippen molar-refractivity contribution in [2.24, 2.45) is 5.92 Å². The van der Waals surface area contributed by atoms with Gasteiger partial charge in [-0.1, -0.05) is 12.8 Å². The third-order valence-corrected chi connectivity index (χ3v) is 5.43. The summed E-state index contributed by atoms with van der Waals surface area (Å²) >= 11 is 2.14. The topological polar surface area (TPSA) is 62.3 Å². The number of carbonyl (C=O) groups excluding carboxylic acids is 2. The lowest BCUT2D eigenvalue weighted by atomic mass is 9.66. The summed E-state index contributed by atoms with van der Waals surface area (Å²) in [6.45, 7) is 2.82. The van der Waals surface area contributed by atoms with Crippen molar-refractivity contribution in [1.82, 2.24) is 9.88 Å². The van der Waals surface area contributed by atoms with E-state index in [4.69, 9.17) is 0 Å². The molecular weight excluding hydrogens is 381 g/mol. The molecule has 1 N–H and O–H groups in total. The Labute approximate surface area is 137 Å². The lowest BCUT2D eigenvalue weighted by molar-refractivity contribution is -0.165. The molecule has 6 heteroatoms. The van der Waals surface area contributed by atoms with Crippen LogP contribution in [-0.2, 0) is 9.59 Å². The van der Waals surface area contributed by atoms with Crippen molar-refractivity contribution in [2.75, 3.05) is 11.9 Å². The van der Waals surface area contributed by atoms with E-state index in [9.17, 15) is 9.59 Å². The summed E-state index contributed by atoms with van der Waals surface area (Å²) in [5, 5.41) is 2.59. The van der Waals surface area contributed by atoms with E-state index in [2.05, 4.69) is 39.8 Å². The Hall–Kier alpha value is -1.18. The van der Waals surface area contributed by atoms with Crippen LogP contribution >= 0.6 is 22.6 Å². The molecule has 2 aliphatic rings. The van der Waals surface area contributed by atoms with Crippen LogP contribution in [0.1, 0.15) is 32.6 Å². The van der Waals surface area contributed by atoms with E-state index >= 15 is 0 Å². The zero-order valence-corrected chi connectivity index (χ0v) is 14.1. The molecular formula is C15H18IN3O2. The van der Waals surface area contributed by atoms with Crippen molar-refractivity contribution in [2.45, 2.75) is 38.1 Å². The Bertz CT molecular complexity index is 575. The normalized spacial score (nSPS) is 27.5. The van der Waals surface area contributed by atoms with Crippen molar-refractivity contribution in [3.63, 3.8) is 0 Å². The number of nitrogens with zero attached hydrogens (tertiary/aromatic N) is 2. The molecule has 1 saturated heterocycles. The third-order valence-electron chi connectivity index (χ3n) is 4.79. The second-order valence-electron chi connectivity index (χ2n) is 6.03. The largest absolute Gasteiger partial charge is 0.328 e. The quantitative estimate of drug-likeness (QED) is 0.583. The van der Waals surface area contributed by atoms with E-state index in [0.29, 0.717) is 18.3 Å². The molecule has 1 aliphatic heterocycles.